The molecule has 1 aromatic carbocycles. The van der Waals surface area contributed by atoms with Gasteiger partial charge in [0.05, 0.1) is 31.5 Å². The molecule has 0 aliphatic heterocycles. The second-order valence-corrected chi connectivity index (χ2v) is 5.79. The van der Waals surface area contributed by atoms with Gasteiger partial charge in [-0.1, -0.05) is 11.8 Å². The first kappa shape index (κ1) is 16.9. The first-order valence-corrected chi connectivity index (χ1v) is 7.59. The van der Waals surface area contributed by atoms with Crippen LogP contribution in [0.1, 0.15) is 12.0 Å². The number of anilines is 1. The van der Waals surface area contributed by atoms with Crippen molar-refractivity contribution >= 4 is 21.7 Å². The molecule has 0 aliphatic carbocycles. The van der Waals surface area contributed by atoms with Crippen molar-refractivity contribution in [1.29, 1.82) is 0 Å². The lowest BCUT2D eigenvalue weighted by Gasteiger charge is -2.08. The molecule has 0 unspecified atom stereocenters. The molecule has 0 atom stereocenters. The lowest BCUT2D eigenvalue weighted by Crippen LogP contribution is -2.20. The maximum absolute atomic E-state index is 13.8. The van der Waals surface area contributed by atoms with Crippen molar-refractivity contribution in [2.75, 3.05) is 24.1 Å². The van der Waals surface area contributed by atoms with Crippen molar-refractivity contribution in [3.05, 3.63) is 29.6 Å². The Balaban J connectivity index is 2.80. The van der Waals surface area contributed by atoms with E-state index in [1.165, 1.54) is 12.1 Å². The summed E-state index contributed by atoms with van der Waals surface area (Å²) in [6.07, 6.45) is -0.312. The molecule has 114 valence electrons. The summed E-state index contributed by atoms with van der Waals surface area (Å²) >= 11 is 0. The van der Waals surface area contributed by atoms with Crippen LogP contribution in [-0.2, 0) is 19.6 Å². The highest BCUT2D eigenvalue weighted by atomic mass is 32.2. The molecule has 0 aliphatic rings. The van der Waals surface area contributed by atoms with Crippen LogP contribution in [0.25, 0.3) is 0 Å². The summed E-state index contributed by atoms with van der Waals surface area (Å²) < 4.78 is 43.6. The van der Waals surface area contributed by atoms with Crippen LogP contribution < -0.4 is 10.5 Å². The zero-order valence-corrected chi connectivity index (χ0v) is 12.2. The number of carbonyl (C=O) groups excluding carboxylic acids is 1. The highest BCUT2D eigenvalue weighted by molar-refractivity contribution is 7.92. The van der Waals surface area contributed by atoms with E-state index in [0.29, 0.717) is 5.56 Å². The summed E-state index contributed by atoms with van der Waals surface area (Å²) in [6.45, 7) is 0.142. The number of nitrogens with two attached hydrogens (primary N) is 1. The predicted octanol–water partition coefficient (Wildman–Crippen LogP) is 0.441. The van der Waals surface area contributed by atoms with Gasteiger partial charge in [0.2, 0.25) is 10.0 Å². The van der Waals surface area contributed by atoms with Crippen LogP contribution in [0.15, 0.2) is 18.2 Å². The fourth-order valence-corrected chi connectivity index (χ4v) is 2.41. The van der Waals surface area contributed by atoms with Gasteiger partial charge in [-0.2, -0.15) is 0 Å². The summed E-state index contributed by atoms with van der Waals surface area (Å²) in [7, 11) is -2.68. The van der Waals surface area contributed by atoms with Gasteiger partial charge in [-0.3, -0.25) is 9.52 Å². The summed E-state index contributed by atoms with van der Waals surface area (Å²) in [4.78, 5) is 10.9. The summed E-state index contributed by atoms with van der Waals surface area (Å²) in [5.41, 5.74) is 5.37. The molecule has 0 fully saturated rings. The molecule has 1 aromatic rings. The first-order valence-electron chi connectivity index (χ1n) is 5.94. The summed E-state index contributed by atoms with van der Waals surface area (Å²) in [6, 6.07) is 3.82. The Kier molecular flexibility index (Phi) is 6.14. The second-order valence-electron chi connectivity index (χ2n) is 3.95. The Hall–Kier alpha value is -2.11. The van der Waals surface area contributed by atoms with Crippen molar-refractivity contribution in [2.45, 2.75) is 6.42 Å². The van der Waals surface area contributed by atoms with Gasteiger partial charge in [-0.25, -0.2) is 12.8 Å². The van der Waals surface area contributed by atoms with E-state index in [1.54, 1.807) is 0 Å². The van der Waals surface area contributed by atoms with E-state index in [9.17, 15) is 17.6 Å². The molecule has 21 heavy (non-hydrogen) atoms. The van der Waals surface area contributed by atoms with Crippen LogP contribution in [0, 0.1) is 17.7 Å². The van der Waals surface area contributed by atoms with E-state index in [1.807, 2.05) is 0 Å². The SMILES string of the molecule is COC(=O)CCS(=O)(=O)Nc1ccc(C#CCN)cc1F. The highest BCUT2D eigenvalue weighted by Crippen LogP contribution is 2.17. The molecule has 3 N–H and O–H groups in total. The minimum atomic E-state index is -3.84. The van der Waals surface area contributed by atoms with Crippen molar-refractivity contribution in [3.63, 3.8) is 0 Å². The maximum atomic E-state index is 13.8. The van der Waals surface area contributed by atoms with Gasteiger partial charge < -0.3 is 10.5 Å². The van der Waals surface area contributed by atoms with E-state index >= 15 is 0 Å². The minimum absolute atomic E-state index is 0.142. The average Bonchev–Trinajstić information content (AvgIpc) is 2.45. The van der Waals surface area contributed by atoms with Crippen LogP contribution >= 0.6 is 0 Å². The highest BCUT2D eigenvalue weighted by Gasteiger charge is 2.15. The number of carbonyl (C=O) groups is 1. The van der Waals surface area contributed by atoms with E-state index in [2.05, 4.69) is 21.3 Å². The lowest BCUT2D eigenvalue weighted by molar-refractivity contribution is -0.140. The summed E-state index contributed by atoms with van der Waals surface area (Å²) in [5, 5.41) is 0. The minimum Gasteiger partial charge on any atom is -0.469 e. The molecule has 0 heterocycles. The number of hydrogen-bond acceptors (Lipinski definition) is 5. The van der Waals surface area contributed by atoms with Crippen LogP contribution in [0.5, 0.6) is 0 Å². The zero-order chi connectivity index (χ0) is 15.9. The van der Waals surface area contributed by atoms with E-state index < -0.39 is 27.6 Å². The van der Waals surface area contributed by atoms with Gasteiger partial charge >= 0.3 is 5.97 Å². The molecule has 0 radical (unpaired) electrons. The number of sulfonamides is 1. The van der Waals surface area contributed by atoms with Crippen LogP contribution in [-0.4, -0.2) is 33.8 Å². The Morgan fingerprint density at radius 3 is 2.76 bits per heavy atom. The number of esters is 1. The number of halogens is 1. The molecule has 0 bridgehead atoms. The number of methoxy groups -OCH3 is 1. The number of nitrogens with one attached hydrogen (secondary N) is 1. The third-order valence-electron chi connectivity index (χ3n) is 2.37. The average molecular weight is 314 g/mol. The molecular weight excluding hydrogens is 299 g/mol. The van der Waals surface area contributed by atoms with Crippen LogP contribution in [0.4, 0.5) is 10.1 Å². The normalized spacial score (nSPS) is 10.4. The standard InChI is InChI=1S/C13H15FN2O4S/c1-20-13(17)6-8-21(18,19)16-12-5-4-10(3-2-7-15)9-11(12)14/h4-5,9,16H,6-8,15H2,1H3. The van der Waals surface area contributed by atoms with Gasteiger partial charge in [0, 0.05) is 5.56 Å². The number of rotatable bonds is 5. The van der Waals surface area contributed by atoms with Crippen molar-refractivity contribution < 1.29 is 22.3 Å². The molecule has 0 spiro atoms. The van der Waals surface area contributed by atoms with Gasteiger partial charge in [0.15, 0.2) is 0 Å². The van der Waals surface area contributed by atoms with Crippen LogP contribution in [0.2, 0.25) is 0 Å². The van der Waals surface area contributed by atoms with E-state index in [-0.39, 0.29) is 18.7 Å². The maximum Gasteiger partial charge on any atom is 0.306 e. The third kappa shape index (κ3) is 5.81. The zero-order valence-electron chi connectivity index (χ0n) is 11.3. The van der Waals surface area contributed by atoms with Gasteiger partial charge in [0.1, 0.15) is 5.82 Å². The molecule has 0 amide bonds. The third-order valence-corrected chi connectivity index (χ3v) is 3.64. The Morgan fingerprint density at radius 2 is 2.19 bits per heavy atom. The fourth-order valence-electron chi connectivity index (χ4n) is 1.37. The quantitative estimate of drug-likeness (QED) is 0.607. The fraction of sp³-hybridized carbons (Fsp3) is 0.308. The Bertz CT molecular complexity index is 677. The molecule has 6 nitrogen and oxygen atoms in total. The Labute approximate surface area is 122 Å². The molecule has 0 aromatic heterocycles. The second kappa shape index (κ2) is 7.61. The smallest absolute Gasteiger partial charge is 0.306 e. The van der Waals surface area contributed by atoms with Crippen molar-refractivity contribution in [1.82, 2.24) is 0 Å². The van der Waals surface area contributed by atoms with Crippen molar-refractivity contribution in [3.8, 4) is 11.8 Å². The monoisotopic (exact) mass is 314 g/mol. The molecule has 0 saturated carbocycles. The number of hydrogen-bond donors (Lipinski definition) is 2. The number of benzene rings is 1. The molecule has 0 saturated heterocycles. The van der Waals surface area contributed by atoms with Gasteiger partial charge in [-0.05, 0) is 18.2 Å². The Morgan fingerprint density at radius 1 is 1.48 bits per heavy atom. The van der Waals surface area contributed by atoms with Crippen molar-refractivity contribution in [2.24, 2.45) is 5.73 Å². The number of ether oxygens (including phenoxy) is 1. The molecule has 8 heteroatoms. The lowest BCUT2D eigenvalue weighted by atomic mass is 10.2. The van der Waals surface area contributed by atoms with Gasteiger partial charge in [0.25, 0.3) is 0 Å². The predicted molar refractivity (Wildman–Crippen MR) is 76.4 cm³/mol. The largest absolute Gasteiger partial charge is 0.469 e. The van der Waals surface area contributed by atoms with Crippen LogP contribution in [0.3, 0.4) is 0 Å². The molecule has 1 rings (SSSR count). The molecular formula is C13H15FN2O4S. The summed E-state index contributed by atoms with van der Waals surface area (Å²) in [5.74, 6) is 3.27. The first-order chi connectivity index (χ1) is 9.88. The van der Waals surface area contributed by atoms with E-state index in [4.69, 9.17) is 5.73 Å². The topological polar surface area (TPSA) is 98.5 Å². The van der Waals surface area contributed by atoms with E-state index in [0.717, 1.165) is 13.2 Å². The van der Waals surface area contributed by atoms with Gasteiger partial charge in [-0.15, -0.1) is 0 Å².